The number of Topliss-reactive ketones (excluding diaryl/α,β-unsaturated/α-hetero) is 1. The number of ketones is 1. The standard InChI is InChI=1S/C30H36N2O6/c1-8-38-29(34)26-24(18-13-22(35-5)27(37-7)23(14-18)36-6)25-20(15-30(3,4)16-21(25)33)32(28(26)31)19-11-9-17(2)10-12-19/h9-14,24H,8,15-16,31H2,1-7H3/t24-/m0/s1. The summed E-state index contributed by atoms with van der Waals surface area (Å²) >= 11 is 0. The number of methoxy groups -OCH3 is 3. The van der Waals surface area contributed by atoms with Crippen molar-refractivity contribution in [3.63, 3.8) is 0 Å². The lowest BCUT2D eigenvalue weighted by Crippen LogP contribution is -2.43. The number of anilines is 1. The normalized spacial score (nSPS) is 18.8. The van der Waals surface area contributed by atoms with Gasteiger partial charge in [-0.1, -0.05) is 31.5 Å². The Balaban J connectivity index is 2.07. The zero-order valence-electron chi connectivity index (χ0n) is 23.1. The van der Waals surface area contributed by atoms with Gasteiger partial charge in [0.2, 0.25) is 5.75 Å². The Labute approximate surface area is 224 Å². The summed E-state index contributed by atoms with van der Waals surface area (Å²) in [7, 11) is 4.57. The second-order valence-corrected chi connectivity index (χ2v) is 10.4. The smallest absolute Gasteiger partial charge is 0.338 e. The first-order chi connectivity index (χ1) is 18.1. The van der Waals surface area contributed by atoms with Crippen molar-refractivity contribution in [3.05, 3.63) is 70.2 Å². The summed E-state index contributed by atoms with van der Waals surface area (Å²) in [5.41, 5.74) is 10.6. The van der Waals surface area contributed by atoms with Gasteiger partial charge in [-0.05, 0) is 55.5 Å². The Hall–Kier alpha value is -3.94. The van der Waals surface area contributed by atoms with E-state index >= 15 is 0 Å². The van der Waals surface area contributed by atoms with Crippen molar-refractivity contribution in [2.24, 2.45) is 11.1 Å². The third kappa shape index (κ3) is 4.71. The van der Waals surface area contributed by atoms with Gasteiger partial charge >= 0.3 is 5.97 Å². The molecule has 2 N–H and O–H groups in total. The summed E-state index contributed by atoms with van der Waals surface area (Å²) < 4.78 is 22.2. The van der Waals surface area contributed by atoms with Crippen LogP contribution >= 0.6 is 0 Å². The molecular weight excluding hydrogens is 484 g/mol. The molecule has 0 bridgehead atoms. The lowest BCUT2D eigenvalue weighted by Gasteiger charge is -2.44. The highest BCUT2D eigenvalue weighted by Gasteiger charge is 2.47. The van der Waals surface area contributed by atoms with E-state index in [1.165, 1.54) is 21.3 Å². The molecule has 0 amide bonds. The number of rotatable bonds is 7. The fraction of sp³-hybridized carbons (Fsp3) is 0.400. The van der Waals surface area contributed by atoms with Gasteiger partial charge in [0.1, 0.15) is 5.82 Å². The highest BCUT2D eigenvalue weighted by molar-refractivity contribution is 6.05. The lowest BCUT2D eigenvalue weighted by molar-refractivity contribution is -0.138. The van der Waals surface area contributed by atoms with E-state index in [4.69, 9.17) is 24.7 Å². The molecule has 1 aliphatic carbocycles. The Kier molecular flexibility index (Phi) is 7.44. The number of carbonyl (C=O) groups excluding carboxylic acids is 2. The Morgan fingerprint density at radius 3 is 2.16 bits per heavy atom. The highest BCUT2D eigenvalue weighted by atomic mass is 16.5. The van der Waals surface area contributed by atoms with Crippen LogP contribution in [0.3, 0.4) is 0 Å². The lowest BCUT2D eigenvalue weighted by atomic mass is 9.68. The fourth-order valence-electron chi connectivity index (χ4n) is 5.41. The van der Waals surface area contributed by atoms with E-state index in [1.54, 1.807) is 19.1 Å². The Morgan fingerprint density at radius 2 is 1.63 bits per heavy atom. The molecule has 8 nitrogen and oxygen atoms in total. The van der Waals surface area contributed by atoms with Crippen LogP contribution in [-0.4, -0.2) is 39.7 Å². The monoisotopic (exact) mass is 520 g/mol. The molecule has 0 unspecified atom stereocenters. The van der Waals surface area contributed by atoms with Crippen LogP contribution in [0.5, 0.6) is 17.2 Å². The summed E-state index contributed by atoms with van der Waals surface area (Å²) in [5.74, 6) is 0.0752. The van der Waals surface area contributed by atoms with Gasteiger partial charge in [-0.15, -0.1) is 0 Å². The van der Waals surface area contributed by atoms with Gasteiger partial charge in [-0.25, -0.2) is 4.79 Å². The number of hydrogen-bond acceptors (Lipinski definition) is 8. The molecule has 2 aromatic rings. The third-order valence-electron chi connectivity index (χ3n) is 7.07. The molecular formula is C30H36N2O6. The summed E-state index contributed by atoms with van der Waals surface area (Å²) in [6.45, 7) is 8.04. The van der Waals surface area contributed by atoms with Crippen molar-refractivity contribution >= 4 is 17.4 Å². The van der Waals surface area contributed by atoms with Gasteiger partial charge in [0.05, 0.1) is 39.4 Å². The van der Waals surface area contributed by atoms with Crippen molar-refractivity contribution in [2.45, 2.75) is 46.5 Å². The Morgan fingerprint density at radius 1 is 1.03 bits per heavy atom. The van der Waals surface area contributed by atoms with E-state index in [9.17, 15) is 9.59 Å². The first-order valence-corrected chi connectivity index (χ1v) is 12.7. The minimum atomic E-state index is -0.775. The minimum Gasteiger partial charge on any atom is -0.493 e. The molecule has 0 saturated carbocycles. The number of ether oxygens (including phenoxy) is 4. The average molecular weight is 521 g/mol. The summed E-state index contributed by atoms with van der Waals surface area (Å²) in [6.07, 6.45) is 0.935. The zero-order valence-corrected chi connectivity index (χ0v) is 23.1. The predicted octanol–water partition coefficient (Wildman–Crippen LogP) is 5.00. The molecule has 0 saturated heterocycles. The number of nitrogens with two attached hydrogens (primary N) is 1. The predicted molar refractivity (Wildman–Crippen MR) is 145 cm³/mol. The van der Waals surface area contributed by atoms with Crippen LogP contribution in [-0.2, 0) is 14.3 Å². The third-order valence-corrected chi connectivity index (χ3v) is 7.07. The van der Waals surface area contributed by atoms with Crippen molar-refractivity contribution in [1.82, 2.24) is 0 Å². The molecule has 8 heteroatoms. The van der Waals surface area contributed by atoms with Crippen LogP contribution in [0.4, 0.5) is 5.69 Å². The molecule has 1 heterocycles. The number of aryl methyl sites for hydroxylation is 1. The number of hydrogen-bond donors (Lipinski definition) is 1. The highest BCUT2D eigenvalue weighted by Crippen LogP contribution is 2.52. The molecule has 38 heavy (non-hydrogen) atoms. The van der Waals surface area contributed by atoms with Gasteiger partial charge in [0.15, 0.2) is 17.3 Å². The van der Waals surface area contributed by atoms with Gasteiger partial charge in [-0.2, -0.15) is 0 Å². The van der Waals surface area contributed by atoms with Crippen molar-refractivity contribution < 1.29 is 28.5 Å². The maximum atomic E-state index is 13.9. The quantitative estimate of drug-likeness (QED) is 0.509. The van der Waals surface area contributed by atoms with Gasteiger partial charge in [-0.3, -0.25) is 9.69 Å². The Bertz CT molecular complexity index is 1300. The van der Waals surface area contributed by atoms with E-state index in [-0.39, 0.29) is 29.2 Å². The van der Waals surface area contributed by atoms with Crippen LogP contribution in [0.2, 0.25) is 0 Å². The number of allylic oxidation sites excluding steroid dienone is 2. The van der Waals surface area contributed by atoms with E-state index in [1.807, 2.05) is 36.1 Å². The van der Waals surface area contributed by atoms with E-state index < -0.39 is 11.9 Å². The second-order valence-electron chi connectivity index (χ2n) is 10.4. The van der Waals surface area contributed by atoms with E-state index in [0.29, 0.717) is 41.2 Å². The van der Waals surface area contributed by atoms with Crippen LogP contribution in [0, 0.1) is 12.3 Å². The van der Waals surface area contributed by atoms with Crippen molar-refractivity contribution in [3.8, 4) is 17.2 Å². The van der Waals surface area contributed by atoms with Gasteiger partial charge in [0.25, 0.3) is 0 Å². The first kappa shape index (κ1) is 27.1. The first-order valence-electron chi connectivity index (χ1n) is 12.7. The second kappa shape index (κ2) is 10.4. The molecule has 1 aliphatic heterocycles. The maximum Gasteiger partial charge on any atom is 0.338 e. The molecule has 0 radical (unpaired) electrons. The fourth-order valence-corrected chi connectivity index (χ4v) is 5.41. The van der Waals surface area contributed by atoms with Crippen LogP contribution in [0.15, 0.2) is 59.1 Å². The summed E-state index contributed by atoms with van der Waals surface area (Å²) in [5, 5.41) is 0. The van der Waals surface area contributed by atoms with Gasteiger partial charge in [0, 0.05) is 23.4 Å². The number of nitrogens with zero attached hydrogens (tertiary/aromatic N) is 1. The number of carbonyl (C=O) groups is 2. The number of esters is 1. The minimum absolute atomic E-state index is 0.0404. The SMILES string of the molecule is CCOC(=O)C1=C(N)N(c2ccc(C)cc2)C2=C(C(=O)CC(C)(C)C2)[C@@H]1c1cc(OC)c(OC)c(OC)c1. The van der Waals surface area contributed by atoms with Crippen molar-refractivity contribution in [1.29, 1.82) is 0 Å². The maximum absolute atomic E-state index is 13.9. The largest absolute Gasteiger partial charge is 0.493 e. The topological polar surface area (TPSA) is 100 Å². The van der Waals surface area contributed by atoms with Crippen LogP contribution in [0.1, 0.15) is 50.7 Å². The number of benzene rings is 2. The summed E-state index contributed by atoms with van der Waals surface area (Å²) in [4.78, 5) is 29.3. The molecule has 1 atom stereocenters. The molecule has 0 fully saturated rings. The van der Waals surface area contributed by atoms with E-state index in [2.05, 4.69) is 13.8 Å². The van der Waals surface area contributed by atoms with Crippen molar-refractivity contribution in [2.75, 3.05) is 32.8 Å². The zero-order chi connectivity index (χ0) is 27.8. The molecule has 0 spiro atoms. The molecule has 2 aliphatic rings. The molecule has 0 aromatic heterocycles. The average Bonchev–Trinajstić information content (AvgIpc) is 2.87. The van der Waals surface area contributed by atoms with Crippen LogP contribution in [0.25, 0.3) is 0 Å². The van der Waals surface area contributed by atoms with E-state index in [0.717, 1.165) is 16.9 Å². The molecule has 202 valence electrons. The molecule has 4 rings (SSSR count). The van der Waals surface area contributed by atoms with Gasteiger partial charge < -0.3 is 24.7 Å². The summed E-state index contributed by atoms with van der Waals surface area (Å²) in [6, 6.07) is 11.4. The molecule has 2 aromatic carbocycles. The van der Waals surface area contributed by atoms with Crippen LogP contribution < -0.4 is 24.8 Å².